The smallest absolute Gasteiger partial charge is 0.273 e. The molecule has 1 heterocycles. The van der Waals surface area contributed by atoms with Crippen molar-refractivity contribution in [2.45, 2.75) is 0 Å². The van der Waals surface area contributed by atoms with Crippen molar-refractivity contribution in [1.82, 2.24) is 4.98 Å². The topological polar surface area (TPSA) is 95.2 Å². The van der Waals surface area contributed by atoms with Crippen molar-refractivity contribution in [2.75, 3.05) is 0 Å². The normalized spacial score (nSPS) is 10.4. The molecule has 0 saturated heterocycles. The molecule has 0 amide bonds. The van der Waals surface area contributed by atoms with Gasteiger partial charge in [-0.3, -0.25) is 10.1 Å². The van der Waals surface area contributed by atoms with Crippen LogP contribution < -0.4 is 5.73 Å². The molecule has 15 heavy (non-hydrogen) atoms. The minimum absolute atomic E-state index is 0.0221. The molecule has 0 aliphatic carbocycles. The SMILES string of the molecule is NC(=S)c1nc2ccc([N+](=O)[O-])cc2o1. The van der Waals surface area contributed by atoms with Gasteiger partial charge in [-0.15, -0.1) is 0 Å². The van der Waals surface area contributed by atoms with Crippen molar-refractivity contribution in [3.8, 4) is 0 Å². The third kappa shape index (κ3) is 1.64. The Labute approximate surface area is 88.8 Å². The first-order valence-corrected chi connectivity index (χ1v) is 4.33. The van der Waals surface area contributed by atoms with E-state index in [1.54, 1.807) is 0 Å². The van der Waals surface area contributed by atoms with Gasteiger partial charge in [0.05, 0.1) is 11.0 Å². The molecule has 0 atom stereocenters. The Morgan fingerprint density at radius 1 is 1.60 bits per heavy atom. The number of rotatable bonds is 2. The highest BCUT2D eigenvalue weighted by molar-refractivity contribution is 7.80. The third-order valence-corrected chi connectivity index (χ3v) is 1.97. The second-order valence-corrected chi connectivity index (χ2v) is 3.23. The number of hydrogen-bond donors (Lipinski definition) is 1. The second-order valence-electron chi connectivity index (χ2n) is 2.79. The van der Waals surface area contributed by atoms with Crippen molar-refractivity contribution in [3.63, 3.8) is 0 Å². The monoisotopic (exact) mass is 223 g/mol. The minimum atomic E-state index is -0.512. The Morgan fingerprint density at radius 3 is 2.93 bits per heavy atom. The Morgan fingerprint density at radius 2 is 2.33 bits per heavy atom. The van der Waals surface area contributed by atoms with E-state index in [1.165, 1.54) is 18.2 Å². The van der Waals surface area contributed by atoms with Crippen LogP contribution >= 0.6 is 12.2 Å². The number of hydrogen-bond acceptors (Lipinski definition) is 5. The average Bonchev–Trinajstić information content (AvgIpc) is 2.59. The molecule has 0 bridgehead atoms. The molecular weight excluding hydrogens is 218 g/mol. The average molecular weight is 223 g/mol. The molecular formula is C8H5N3O3S. The van der Waals surface area contributed by atoms with E-state index in [2.05, 4.69) is 17.2 Å². The van der Waals surface area contributed by atoms with Crippen LogP contribution in [0.2, 0.25) is 0 Å². The summed E-state index contributed by atoms with van der Waals surface area (Å²) in [6.07, 6.45) is 0. The van der Waals surface area contributed by atoms with Gasteiger partial charge >= 0.3 is 0 Å². The lowest BCUT2D eigenvalue weighted by Gasteiger charge is -1.88. The number of fused-ring (bicyclic) bond motifs is 1. The standard InChI is InChI=1S/C8H5N3O3S/c9-7(15)8-10-5-2-1-4(11(12)13)3-6(5)14-8/h1-3H,(H2,9,15). The van der Waals surface area contributed by atoms with Crippen LogP contribution in [-0.4, -0.2) is 14.9 Å². The van der Waals surface area contributed by atoms with E-state index in [0.717, 1.165) is 0 Å². The van der Waals surface area contributed by atoms with Gasteiger partial charge < -0.3 is 10.2 Å². The number of nitro benzene ring substituents is 1. The van der Waals surface area contributed by atoms with Crippen molar-refractivity contribution in [3.05, 3.63) is 34.2 Å². The van der Waals surface area contributed by atoms with Crippen molar-refractivity contribution in [2.24, 2.45) is 5.73 Å². The minimum Gasteiger partial charge on any atom is -0.434 e. The van der Waals surface area contributed by atoms with Crippen molar-refractivity contribution in [1.29, 1.82) is 0 Å². The maximum atomic E-state index is 10.5. The fourth-order valence-electron chi connectivity index (χ4n) is 1.13. The second kappa shape index (κ2) is 3.28. The molecule has 0 spiro atoms. The first-order chi connectivity index (χ1) is 7.08. The predicted molar refractivity (Wildman–Crippen MR) is 56.6 cm³/mol. The van der Waals surface area contributed by atoms with E-state index >= 15 is 0 Å². The molecule has 7 heteroatoms. The summed E-state index contributed by atoms with van der Waals surface area (Å²) in [6, 6.07) is 4.11. The van der Waals surface area contributed by atoms with Gasteiger partial charge in [-0.1, -0.05) is 12.2 Å². The molecule has 0 saturated carbocycles. The molecule has 2 N–H and O–H groups in total. The van der Waals surface area contributed by atoms with Crippen LogP contribution in [0.3, 0.4) is 0 Å². The quantitative estimate of drug-likeness (QED) is 0.469. The zero-order valence-corrected chi connectivity index (χ0v) is 8.15. The molecule has 2 aromatic rings. The number of aromatic nitrogens is 1. The summed E-state index contributed by atoms with van der Waals surface area (Å²) in [5.74, 6) is 0.112. The largest absolute Gasteiger partial charge is 0.434 e. The highest BCUT2D eigenvalue weighted by Gasteiger charge is 2.12. The Bertz CT molecular complexity index is 551. The zero-order valence-electron chi connectivity index (χ0n) is 7.34. The van der Waals surface area contributed by atoms with E-state index in [4.69, 9.17) is 10.2 Å². The number of oxazole rings is 1. The molecule has 0 unspecified atom stereocenters. The van der Waals surface area contributed by atoms with Gasteiger partial charge in [-0.2, -0.15) is 0 Å². The van der Waals surface area contributed by atoms with Crippen LogP contribution in [0.25, 0.3) is 11.1 Å². The van der Waals surface area contributed by atoms with Gasteiger partial charge in [0.1, 0.15) is 5.52 Å². The summed E-state index contributed by atoms with van der Waals surface area (Å²) in [5.41, 5.74) is 6.04. The van der Waals surface area contributed by atoms with Crippen molar-refractivity contribution >= 4 is 34.0 Å². The van der Waals surface area contributed by atoms with E-state index in [0.29, 0.717) is 11.1 Å². The Balaban J connectivity index is 2.62. The zero-order chi connectivity index (χ0) is 11.0. The molecule has 76 valence electrons. The van der Waals surface area contributed by atoms with Gasteiger partial charge in [0.15, 0.2) is 10.6 Å². The number of nitro groups is 1. The molecule has 1 aromatic carbocycles. The molecule has 6 nitrogen and oxygen atoms in total. The highest BCUT2D eigenvalue weighted by atomic mass is 32.1. The molecule has 0 fully saturated rings. The Hall–Kier alpha value is -2.02. The van der Waals surface area contributed by atoms with Gasteiger partial charge in [0.2, 0.25) is 0 Å². The van der Waals surface area contributed by atoms with Crippen LogP contribution in [-0.2, 0) is 0 Å². The van der Waals surface area contributed by atoms with Gasteiger partial charge in [-0.05, 0) is 6.07 Å². The summed E-state index contributed by atoms with van der Waals surface area (Å²) in [6.45, 7) is 0. The van der Waals surface area contributed by atoms with Crippen LogP contribution in [0, 0.1) is 10.1 Å². The van der Waals surface area contributed by atoms with Gasteiger partial charge in [0, 0.05) is 6.07 Å². The van der Waals surface area contributed by atoms with Gasteiger partial charge in [-0.25, -0.2) is 4.98 Å². The Kier molecular flexibility index (Phi) is 2.09. The number of nitrogens with zero attached hydrogens (tertiary/aromatic N) is 2. The summed E-state index contributed by atoms with van der Waals surface area (Å²) in [5, 5.41) is 10.5. The summed E-state index contributed by atoms with van der Waals surface area (Å²) >= 11 is 4.68. The molecule has 0 aliphatic rings. The lowest BCUT2D eigenvalue weighted by atomic mass is 10.3. The summed E-state index contributed by atoms with van der Waals surface area (Å²) in [4.78, 5) is 13.9. The first kappa shape index (κ1) is 9.53. The first-order valence-electron chi connectivity index (χ1n) is 3.93. The highest BCUT2D eigenvalue weighted by Crippen LogP contribution is 2.21. The molecule has 1 aromatic heterocycles. The van der Waals surface area contributed by atoms with Crippen LogP contribution in [0.15, 0.2) is 22.6 Å². The third-order valence-electron chi connectivity index (χ3n) is 1.79. The number of nitrogens with two attached hydrogens (primary N) is 1. The summed E-state index contributed by atoms with van der Waals surface area (Å²) < 4.78 is 5.14. The van der Waals surface area contributed by atoms with E-state index in [-0.39, 0.29) is 16.6 Å². The number of non-ortho nitro benzene ring substituents is 1. The van der Waals surface area contributed by atoms with Gasteiger partial charge in [0.25, 0.3) is 11.6 Å². The van der Waals surface area contributed by atoms with Crippen LogP contribution in [0.1, 0.15) is 5.89 Å². The molecule has 2 rings (SSSR count). The fraction of sp³-hybridized carbons (Fsp3) is 0. The van der Waals surface area contributed by atoms with Crippen molar-refractivity contribution < 1.29 is 9.34 Å². The maximum absolute atomic E-state index is 10.5. The molecule has 0 aliphatic heterocycles. The number of benzene rings is 1. The number of thiocarbonyl (C=S) groups is 1. The van der Waals surface area contributed by atoms with Crippen LogP contribution in [0.4, 0.5) is 5.69 Å². The molecule has 0 radical (unpaired) electrons. The van der Waals surface area contributed by atoms with E-state index in [1.807, 2.05) is 0 Å². The fourth-order valence-corrected chi connectivity index (χ4v) is 1.22. The summed E-state index contributed by atoms with van der Waals surface area (Å²) in [7, 11) is 0. The lowest BCUT2D eigenvalue weighted by Crippen LogP contribution is -2.09. The van der Waals surface area contributed by atoms with E-state index in [9.17, 15) is 10.1 Å². The predicted octanol–water partition coefficient (Wildman–Crippen LogP) is 1.37. The lowest BCUT2D eigenvalue weighted by molar-refractivity contribution is -0.384. The maximum Gasteiger partial charge on any atom is 0.273 e. The van der Waals surface area contributed by atoms with Crippen LogP contribution in [0.5, 0.6) is 0 Å². The van der Waals surface area contributed by atoms with E-state index < -0.39 is 4.92 Å².